The molecule has 0 radical (unpaired) electrons. The Morgan fingerprint density at radius 1 is 0.926 bits per heavy atom. The Labute approximate surface area is 159 Å². The normalized spacial score (nSPS) is 11.6. The minimum absolute atomic E-state index is 0.128. The number of rotatable bonds is 7. The molecule has 140 valence electrons. The fraction of sp³-hybridized carbons (Fsp3) is 0.190. The van der Waals surface area contributed by atoms with Gasteiger partial charge in [-0.05, 0) is 30.0 Å². The maximum absolute atomic E-state index is 12.5. The lowest BCUT2D eigenvalue weighted by Gasteiger charge is -2.17. The molecule has 1 amide bonds. The molecule has 3 aromatic rings. The number of hydrogen-bond donors (Lipinski definition) is 1. The van der Waals surface area contributed by atoms with Crippen molar-refractivity contribution in [3.8, 4) is 0 Å². The minimum atomic E-state index is -3.52. The Morgan fingerprint density at radius 3 is 2.37 bits per heavy atom. The molecule has 0 aromatic heterocycles. The van der Waals surface area contributed by atoms with Crippen molar-refractivity contribution in [3.63, 3.8) is 0 Å². The molecule has 5 nitrogen and oxygen atoms in total. The van der Waals surface area contributed by atoms with E-state index in [4.69, 9.17) is 0 Å². The Kier molecular flexibility index (Phi) is 5.88. The Bertz CT molecular complexity index is 1030. The van der Waals surface area contributed by atoms with Gasteiger partial charge in [0.1, 0.15) is 0 Å². The van der Waals surface area contributed by atoms with Crippen LogP contribution in [0.2, 0.25) is 0 Å². The first-order valence-corrected chi connectivity index (χ1v) is 10.2. The molecule has 0 saturated carbocycles. The number of sulfonamides is 1. The summed E-state index contributed by atoms with van der Waals surface area (Å²) in [5.41, 5.74) is 0.767. The van der Waals surface area contributed by atoms with Crippen molar-refractivity contribution >= 4 is 32.4 Å². The number of carbonyl (C=O) groups excluding carboxylic acids is 1. The van der Waals surface area contributed by atoms with Gasteiger partial charge in [0.2, 0.25) is 15.9 Å². The van der Waals surface area contributed by atoms with Gasteiger partial charge in [-0.3, -0.25) is 4.79 Å². The molecule has 0 aliphatic heterocycles. The maximum Gasteiger partial charge on any atom is 0.242 e. The zero-order chi connectivity index (χ0) is 19.3. The fourth-order valence-corrected chi connectivity index (χ4v) is 4.13. The summed E-state index contributed by atoms with van der Waals surface area (Å²) < 4.78 is 26.2. The lowest BCUT2D eigenvalue weighted by atomic mass is 10.1. The van der Waals surface area contributed by atoms with Crippen LogP contribution >= 0.6 is 0 Å². The summed E-state index contributed by atoms with van der Waals surface area (Å²) in [6.45, 7) is 0.278. The highest BCUT2D eigenvalue weighted by atomic mass is 32.2. The van der Waals surface area contributed by atoms with Gasteiger partial charge in [-0.1, -0.05) is 54.6 Å². The predicted octanol–water partition coefficient (Wildman–Crippen LogP) is 3.88. The SMILES string of the molecule is CN(CCCC(=O)Nc1cccc2ccccc12)S(=O)(=O)c1ccccc1. The van der Waals surface area contributed by atoms with Crippen LogP contribution in [0.15, 0.2) is 77.7 Å². The lowest BCUT2D eigenvalue weighted by Crippen LogP contribution is -2.28. The molecule has 6 heteroatoms. The Morgan fingerprint density at radius 2 is 1.59 bits per heavy atom. The second-order valence-corrected chi connectivity index (χ2v) is 8.36. The average Bonchev–Trinajstić information content (AvgIpc) is 2.69. The molecule has 0 atom stereocenters. The van der Waals surface area contributed by atoms with Crippen LogP contribution in [0.4, 0.5) is 5.69 Å². The van der Waals surface area contributed by atoms with E-state index in [2.05, 4.69) is 5.32 Å². The third kappa shape index (κ3) is 4.53. The van der Waals surface area contributed by atoms with E-state index in [1.54, 1.807) is 30.3 Å². The standard InChI is InChI=1S/C21H22N2O3S/c1-23(27(25,26)18-11-3-2-4-12-18)16-8-15-21(24)22-20-14-7-10-17-9-5-6-13-19(17)20/h2-7,9-14H,8,15-16H2,1H3,(H,22,24). The van der Waals surface area contributed by atoms with Gasteiger partial charge in [-0.2, -0.15) is 0 Å². The molecule has 3 rings (SSSR count). The van der Waals surface area contributed by atoms with E-state index < -0.39 is 10.0 Å². The van der Waals surface area contributed by atoms with Crippen molar-refractivity contribution < 1.29 is 13.2 Å². The second-order valence-electron chi connectivity index (χ2n) is 6.32. The maximum atomic E-state index is 12.5. The van der Waals surface area contributed by atoms with Crippen LogP contribution in [0, 0.1) is 0 Å². The van der Waals surface area contributed by atoms with E-state index in [1.165, 1.54) is 11.4 Å². The highest BCUT2D eigenvalue weighted by Crippen LogP contribution is 2.23. The molecular formula is C21H22N2O3S. The van der Waals surface area contributed by atoms with Crippen molar-refractivity contribution in [2.24, 2.45) is 0 Å². The Balaban J connectivity index is 1.57. The molecule has 1 N–H and O–H groups in total. The topological polar surface area (TPSA) is 66.5 Å². The van der Waals surface area contributed by atoms with Gasteiger partial charge in [0.05, 0.1) is 4.90 Å². The number of carbonyl (C=O) groups is 1. The smallest absolute Gasteiger partial charge is 0.242 e. The minimum Gasteiger partial charge on any atom is -0.326 e. The van der Waals surface area contributed by atoms with Gasteiger partial charge >= 0.3 is 0 Å². The highest BCUT2D eigenvalue weighted by Gasteiger charge is 2.20. The quantitative estimate of drug-likeness (QED) is 0.674. The van der Waals surface area contributed by atoms with Gasteiger partial charge < -0.3 is 5.32 Å². The molecule has 0 saturated heterocycles. The van der Waals surface area contributed by atoms with Crippen LogP contribution in [-0.4, -0.2) is 32.2 Å². The van der Waals surface area contributed by atoms with E-state index >= 15 is 0 Å². The van der Waals surface area contributed by atoms with Gasteiger partial charge in [-0.25, -0.2) is 12.7 Å². The molecule has 0 aliphatic rings. The molecule has 0 unspecified atom stereocenters. The number of amides is 1. The van der Waals surface area contributed by atoms with Crippen LogP contribution < -0.4 is 5.32 Å². The average molecular weight is 382 g/mol. The number of anilines is 1. The lowest BCUT2D eigenvalue weighted by molar-refractivity contribution is -0.116. The van der Waals surface area contributed by atoms with Crippen LogP contribution in [0.1, 0.15) is 12.8 Å². The van der Waals surface area contributed by atoms with Crippen molar-refractivity contribution in [3.05, 3.63) is 72.8 Å². The second kappa shape index (κ2) is 8.33. The molecule has 0 aliphatic carbocycles. The zero-order valence-electron chi connectivity index (χ0n) is 15.1. The first-order valence-electron chi connectivity index (χ1n) is 8.77. The molecule has 0 bridgehead atoms. The highest BCUT2D eigenvalue weighted by molar-refractivity contribution is 7.89. The molecule has 0 fully saturated rings. The summed E-state index contributed by atoms with van der Waals surface area (Å²) in [7, 11) is -1.99. The molecular weight excluding hydrogens is 360 g/mol. The van der Waals surface area contributed by atoms with Crippen LogP contribution in [0.5, 0.6) is 0 Å². The molecule has 27 heavy (non-hydrogen) atoms. The Hall–Kier alpha value is -2.70. The number of benzene rings is 3. The van der Waals surface area contributed by atoms with E-state index in [-0.39, 0.29) is 23.8 Å². The third-order valence-corrected chi connectivity index (χ3v) is 6.26. The van der Waals surface area contributed by atoms with E-state index in [0.29, 0.717) is 6.42 Å². The van der Waals surface area contributed by atoms with Crippen LogP contribution in [0.25, 0.3) is 10.8 Å². The summed E-state index contributed by atoms with van der Waals surface area (Å²) >= 11 is 0. The summed E-state index contributed by atoms with van der Waals surface area (Å²) in [5.74, 6) is -0.128. The zero-order valence-corrected chi connectivity index (χ0v) is 15.9. The number of fused-ring (bicyclic) bond motifs is 1. The third-order valence-electron chi connectivity index (χ3n) is 4.39. The van der Waals surface area contributed by atoms with Crippen molar-refractivity contribution in [1.29, 1.82) is 0 Å². The van der Waals surface area contributed by atoms with Crippen molar-refractivity contribution in [1.82, 2.24) is 4.31 Å². The first kappa shape index (κ1) is 19.1. The van der Waals surface area contributed by atoms with Gasteiger partial charge in [0.25, 0.3) is 0 Å². The van der Waals surface area contributed by atoms with Gasteiger partial charge in [0.15, 0.2) is 0 Å². The largest absolute Gasteiger partial charge is 0.326 e. The number of nitrogens with zero attached hydrogens (tertiary/aromatic N) is 1. The summed E-state index contributed by atoms with van der Waals surface area (Å²) in [5, 5.41) is 4.96. The molecule has 0 heterocycles. The number of hydrogen-bond acceptors (Lipinski definition) is 3. The van der Waals surface area contributed by atoms with Gasteiger partial charge in [-0.15, -0.1) is 0 Å². The predicted molar refractivity (Wildman–Crippen MR) is 108 cm³/mol. The first-order chi connectivity index (χ1) is 13.0. The van der Waals surface area contributed by atoms with E-state index in [9.17, 15) is 13.2 Å². The fourth-order valence-electron chi connectivity index (χ4n) is 2.90. The summed E-state index contributed by atoms with van der Waals surface area (Å²) in [4.78, 5) is 12.5. The van der Waals surface area contributed by atoms with Crippen molar-refractivity contribution in [2.75, 3.05) is 18.9 Å². The van der Waals surface area contributed by atoms with Gasteiger partial charge in [0, 0.05) is 31.1 Å². The number of nitrogens with one attached hydrogen (secondary N) is 1. The van der Waals surface area contributed by atoms with Crippen LogP contribution in [-0.2, 0) is 14.8 Å². The van der Waals surface area contributed by atoms with E-state index in [1.807, 2.05) is 42.5 Å². The van der Waals surface area contributed by atoms with Crippen LogP contribution in [0.3, 0.4) is 0 Å². The summed E-state index contributed by atoms with van der Waals surface area (Å²) in [6.07, 6.45) is 0.692. The monoisotopic (exact) mass is 382 g/mol. The van der Waals surface area contributed by atoms with E-state index in [0.717, 1.165) is 16.5 Å². The van der Waals surface area contributed by atoms with Crippen molar-refractivity contribution in [2.45, 2.75) is 17.7 Å². The summed E-state index contributed by atoms with van der Waals surface area (Å²) in [6, 6.07) is 21.9. The molecule has 0 spiro atoms. The molecule has 3 aromatic carbocycles.